The van der Waals surface area contributed by atoms with Crippen molar-refractivity contribution >= 4 is 43.7 Å². The maximum absolute atomic E-state index is 9.25. The van der Waals surface area contributed by atoms with Gasteiger partial charge in [0.05, 0.1) is 24.9 Å². The van der Waals surface area contributed by atoms with E-state index in [2.05, 4.69) is 66.7 Å². The van der Waals surface area contributed by atoms with Crippen LogP contribution in [0.15, 0.2) is 247 Å². The number of fused-ring (bicyclic) bond motifs is 6. The van der Waals surface area contributed by atoms with Crippen molar-refractivity contribution in [3.63, 3.8) is 0 Å². The molecule has 0 atom stereocenters. The van der Waals surface area contributed by atoms with Crippen molar-refractivity contribution in [3.05, 3.63) is 243 Å². The zero-order valence-corrected chi connectivity index (χ0v) is 36.3. The second kappa shape index (κ2) is 16.4. The molecule has 3 aromatic heterocycles. The molecule has 10 aromatic carbocycles. The fourth-order valence-corrected chi connectivity index (χ4v) is 9.37. The predicted molar refractivity (Wildman–Crippen MR) is 279 cm³/mol. The number of hydrogen-bond donors (Lipinski definition) is 0. The van der Waals surface area contributed by atoms with Crippen molar-refractivity contribution in [2.45, 2.75) is 0 Å². The first-order valence-corrected chi connectivity index (χ1v) is 22.4. The molecule has 13 rings (SSSR count). The molecule has 0 radical (unpaired) electrons. The van der Waals surface area contributed by atoms with Gasteiger partial charge in [0.1, 0.15) is 11.2 Å². The highest BCUT2D eigenvalue weighted by molar-refractivity contribution is 6.12. The van der Waals surface area contributed by atoms with Crippen LogP contribution >= 0.6 is 0 Å². The summed E-state index contributed by atoms with van der Waals surface area (Å²) in [6.07, 6.45) is 0. The van der Waals surface area contributed by atoms with E-state index in [1.165, 1.54) is 12.1 Å². The lowest BCUT2D eigenvalue weighted by atomic mass is 9.93. The van der Waals surface area contributed by atoms with E-state index in [0.29, 0.717) is 28.7 Å². The zero-order valence-electron chi connectivity index (χ0n) is 42.3. The highest BCUT2D eigenvalue weighted by Crippen LogP contribution is 2.43. The maximum Gasteiger partial charge on any atom is 0.164 e. The van der Waals surface area contributed by atoms with Gasteiger partial charge in [-0.2, -0.15) is 0 Å². The molecule has 0 amide bonds. The Morgan fingerprint density at radius 2 is 0.794 bits per heavy atom. The van der Waals surface area contributed by atoms with Gasteiger partial charge in [0.25, 0.3) is 0 Å². The molecule has 13 aromatic rings. The Bertz CT molecular complexity index is 4270. The number of furan rings is 1. The van der Waals surface area contributed by atoms with E-state index in [4.69, 9.17) is 24.9 Å². The van der Waals surface area contributed by atoms with Gasteiger partial charge in [-0.3, -0.25) is 0 Å². The molecule has 0 unspecified atom stereocenters. The van der Waals surface area contributed by atoms with Crippen LogP contribution in [0.3, 0.4) is 0 Å². The number of aromatic nitrogens is 4. The molecule has 0 aliphatic carbocycles. The van der Waals surface area contributed by atoms with Gasteiger partial charge in [-0.25, -0.2) is 15.0 Å². The highest BCUT2D eigenvalue weighted by Gasteiger charge is 2.20. The first-order chi connectivity index (χ1) is 36.2. The summed E-state index contributed by atoms with van der Waals surface area (Å²) in [7, 11) is 0. The standard InChI is InChI=1S/C63H40N4O/c1-3-17-41(18-4-1)61-64-62(42-19-5-2-6-20-42)66-63(65-61)49-26-15-25-47(39-49)45-23-13-21-43(37-45)44-22-14-24-46(38-44)48-35-36-58(67-56-32-10-7-27-50(56)51-28-8-11-33-57(51)67)55(40-48)54-31-16-30-53-52-29-9-12-34-59(52)68-60(53)54/h1-40H/i7D,8D,27D,28D,32D,33D. The molecule has 0 saturated heterocycles. The second-order valence-electron chi connectivity index (χ2n) is 16.7. The summed E-state index contributed by atoms with van der Waals surface area (Å²) in [6.45, 7) is 0. The summed E-state index contributed by atoms with van der Waals surface area (Å²) in [5, 5.41) is 2.28. The van der Waals surface area contributed by atoms with Crippen molar-refractivity contribution in [1.82, 2.24) is 19.5 Å². The van der Waals surface area contributed by atoms with Crippen LogP contribution < -0.4 is 0 Å². The second-order valence-corrected chi connectivity index (χ2v) is 16.7. The Labute approximate surface area is 401 Å². The fraction of sp³-hybridized carbons (Fsp3) is 0. The van der Waals surface area contributed by atoms with Crippen molar-refractivity contribution in [2.24, 2.45) is 0 Å². The van der Waals surface area contributed by atoms with Gasteiger partial charge in [0.2, 0.25) is 0 Å². The molecular formula is C63H40N4O. The van der Waals surface area contributed by atoms with Gasteiger partial charge in [-0.1, -0.05) is 194 Å². The molecule has 5 heteroatoms. The lowest BCUT2D eigenvalue weighted by Gasteiger charge is -2.17. The normalized spacial score (nSPS) is 12.8. The lowest BCUT2D eigenvalue weighted by Crippen LogP contribution is -2.00. The average molecular weight is 875 g/mol. The number of nitrogens with zero attached hydrogens (tertiary/aromatic N) is 4. The van der Waals surface area contributed by atoms with Crippen LogP contribution in [0, 0.1) is 0 Å². The number of hydrogen-bond acceptors (Lipinski definition) is 4. The van der Waals surface area contributed by atoms with E-state index >= 15 is 0 Å². The average Bonchev–Trinajstić information content (AvgIpc) is 4.03. The molecule has 0 saturated carbocycles. The Morgan fingerprint density at radius 1 is 0.338 bits per heavy atom. The molecule has 68 heavy (non-hydrogen) atoms. The molecule has 5 nitrogen and oxygen atoms in total. The van der Waals surface area contributed by atoms with Crippen LogP contribution in [-0.2, 0) is 0 Å². The Hall–Kier alpha value is -9.19. The Morgan fingerprint density at radius 3 is 1.38 bits per heavy atom. The number of benzene rings is 10. The fourth-order valence-electron chi connectivity index (χ4n) is 9.37. The highest BCUT2D eigenvalue weighted by atomic mass is 16.3. The summed E-state index contributed by atoms with van der Waals surface area (Å²) < 4.78 is 62.3. The number of rotatable bonds is 8. The van der Waals surface area contributed by atoms with E-state index in [1.807, 2.05) is 127 Å². The Kier molecular flexibility index (Phi) is 8.01. The van der Waals surface area contributed by atoms with Crippen LogP contribution in [0.1, 0.15) is 8.22 Å². The van der Waals surface area contributed by atoms with E-state index in [9.17, 15) is 2.74 Å². The van der Waals surface area contributed by atoms with Gasteiger partial charge in [0, 0.05) is 49.4 Å². The van der Waals surface area contributed by atoms with Crippen molar-refractivity contribution in [2.75, 3.05) is 0 Å². The third-order valence-electron chi connectivity index (χ3n) is 12.6. The van der Waals surface area contributed by atoms with Gasteiger partial charge >= 0.3 is 0 Å². The summed E-state index contributed by atoms with van der Waals surface area (Å²) in [6, 6.07) is 67.0. The molecule has 3 heterocycles. The molecule has 0 spiro atoms. The monoisotopic (exact) mass is 874 g/mol. The maximum atomic E-state index is 9.25. The topological polar surface area (TPSA) is 56.7 Å². The van der Waals surface area contributed by atoms with Crippen LogP contribution in [-0.4, -0.2) is 19.5 Å². The summed E-state index contributed by atoms with van der Waals surface area (Å²) in [4.78, 5) is 14.8. The van der Waals surface area contributed by atoms with Crippen LogP contribution in [0.5, 0.6) is 0 Å². The van der Waals surface area contributed by atoms with Crippen LogP contribution in [0.25, 0.3) is 128 Å². The van der Waals surface area contributed by atoms with E-state index in [1.54, 1.807) is 4.57 Å². The summed E-state index contributed by atoms with van der Waals surface area (Å²) in [5.74, 6) is 1.78. The molecule has 318 valence electrons. The minimum atomic E-state index is -0.167. The zero-order chi connectivity index (χ0) is 50.2. The number of para-hydroxylation sites is 4. The SMILES string of the molecule is [2H]c1cc([2H])c2c(c1[2H])c1c([2H])c([2H])cc([2H])c1n2-c1ccc(-c2cccc(-c3cccc(-c4cccc(-c5nc(-c6ccccc6)nc(-c6ccccc6)n5)c4)c3)c2)cc1-c1cccc2c1oc1ccccc12. The molecule has 0 bridgehead atoms. The first-order valence-electron chi connectivity index (χ1n) is 25.4. The van der Waals surface area contributed by atoms with Crippen molar-refractivity contribution in [3.8, 4) is 84.4 Å². The largest absolute Gasteiger partial charge is 0.455 e. The minimum Gasteiger partial charge on any atom is -0.455 e. The van der Waals surface area contributed by atoms with E-state index < -0.39 is 0 Å². The molecule has 0 aliphatic heterocycles. The minimum absolute atomic E-state index is 0.0266. The lowest BCUT2D eigenvalue weighted by molar-refractivity contribution is 0.670. The molecule has 0 fully saturated rings. The van der Waals surface area contributed by atoms with Gasteiger partial charge in [0.15, 0.2) is 17.5 Å². The van der Waals surface area contributed by atoms with Crippen LogP contribution in [0.2, 0.25) is 0 Å². The predicted octanol–water partition coefficient (Wildman–Crippen LogP) is 16.5. The van der Waals surface area contributed by atoms with E-state index in [-0.39, 0.29) is 58.1 Å². The molecule has 0 N–H and O–H groups in total. The van der Waals surface area contributed by atoms with Crippen molar-refractivity contribution < 1.29 is 12.6 Å². The molecular weight excluding hydrogens is 829 g/mol. The van der Waals surface area contributed by atoms with Crippen molar-refractivity contribution in [1.29, 1.82) is 0 Å². The summed E-state index contributed by atoms with van der Waals surface area (Å²) in [5.41, 5.74) is 12.6. The van der Waals surface area contributed by atoms with Crippen LogP contribution in [0.4, 0.5) is 0 Å². The van der Waals surface area contributed by atoms with Gasteiger partial charge in [-0.15, -0.1) is 0 Å². The third-order valence-corrected chi connectivity index (χ3v) is 12.6. The first kappa shape index (κ1) is 33.3. The smallest absolute Gasteiger partial charge is 0.164 e. The van der Waals surface area contributed by atoms with Gasteiger partial charge in [-0.05, 0) is 81.9 Å². The quantitative estimate of drug-likeness (QED) is 0.153. The molecule has 0 aliphatic rings. The summed E-state index contributed by atoms with van der Waals surface area (Å²) >= 11 is 0. The Balaban J connectivity index is 0.942. The van der Waals surface area contributed by atoms with Gasteiger partial charge < -0.3 is 8.98 Å². The van der Waals surface area contributed by atoms with E-state index in [0.717, 1.165) is 77.6 Å². The third kappa shape index (κ3) is 6.84.